The first-order chi connectivity index (χ1) is 12.9. The lowest BCUT2D eigenvalue weighted by Crippen LogP contribution is -2.24. The van der Waals surface area contributed by atoms with E-state index in [1.54, 1.807) is 0 Å². The molecule has 0 atom stereocenters. The number of benzene rings is 1. The molecule has 2 aromatic rings. The number of alkyl halides is 3. The number of halogens is 3. The van der Waals surface area contributed by atoms with E-state index in [9.17, 15) is 18.0 Å². The van der Waals surface area contributed by atoms with Crippen LogP contribution < -0.4 is 10.6 Å². The van der Waals surface area contributed by atoms with Crippen molar-refractivity contribution in [1.82, 2.24) is 9.97 Å². The van der Waals surface area contributed by atoms with Crippen molar-refractivity contribution in [2.75, 3.05) is 30.4 Å². The van der Waals surface area contributed by atoms with Gasteiger partial charge in [-0.15, -0.1) is 0 Å². The highest BCUT2D eigenvalue weighted by atomic mass is 19.4. The van der Waals surface area contributed by atoms with Crippen LogP contribution in [0, 0.1) is 5.92 Å². The molecule has 2 N–H and O–H groups in total. The fourth-order valence-electron chi connectivity index (χ4n) is 2.76. The van der Waals surface area contributed by atoms with Crippen molar-refractivity contribution in [3.05, 3.63) is 47.9 Å². The number of amides is 1. The lowest BCUT2D eigenvalue weighted by atomic mass is 10.0. The zero-order chi connectivity index (χ0) is 19.3. The largest absolute Gasteiger partial charge is 0.416 e. The second-order valence-corrected chi connectivity index (χ2v) is 6.22. The molecule has 2 heterocycles. The Kier molecular flexibility index (Phi) is 5.90. The molecule has 0 unspecified atom stereocenters. The Balaban J connectivity index is 1.65. The number of hydrogen-bond donors (Lipinski definition) is 2. The summed E-state index contributed by atoms with van der Waals surface area (Å²) in [5, 5.41) is 5.69. The van der Waals surface area contributed by atoms with Crippen molar-refractivity contribution < 1.29 is 22.7 Å². The summed E-state index contributed by atoms with van der Waals surface area (Å²) in [4.78, 5) is 20.7. The third-order valence-electron chi connectivity index (χ3n) is 4.28. The Morgan fingerprint density at radius 2 is 1.78 bits per heavy atom. The van der Waals surface area contributed by atoms with Gasteiger partial charge in [0.1, 0.15) is 0 Å². The Morgan fingerprint density at radius 3 is 2.44 bits per heavy atom. The molecule has 0 saturated carbocycles. The van der Waals surface area contributed by atoms with Gasteiger partial charge in [-0.3, -0.25) is 4.79 Å². The zero-order valence-corrected chi connectivity index (χ0v) is 14.4. The van der Waals surface area contributed by atoms with E-state index < -0.39 is 17.6 Å². The van der Waals surface area contributed by atoms with Crippen molar-refractivity contribution in [2.45, 2.75) is 19.0 Å². The number of carbonyl (C=O) groups is 1. The van der Waals surface area contributed by atoms with Gasteiger partial charge >= 0.3 is 6.18 Å². The zero-order valence-electron chi connectivity index (χ0n) is 14.4. The van der Waals surface area contributed by atoms with Crippen molar-refractivity contribution >= 4 is 17.4 Å². The number of nitrogens with zero attached hydrogens (tertiary/aromatic N) is 2. The Bertz CT molecular complexity index is 775. The van der Waals surface area contributed by atoms with Gasteiger partial charge < -0.3 is 15.4 Å². The van der Waals surface area contributed by atoms with Crippen molar-refractivity contribution in [1.29, 1.82) is 0 Å². The Labute approximate surface area is 154 Å². The minimum atomic E-state index is -4.42. The van der Waals surface area contributed by atoms with E-state index in [0.717, 1.165) is 25.0 Å². The SMILES string of the molecule is O=C(Nc1ccc(C(F)(F)F)cc1)c1nccnc1NCC1CCOCC1. The maximum absolute atomic E-state index is 12.6. The fraction of sp³-hybridized carbons (Fsp3) is 0.389. The summed E-state index contributed by atoms with van der Waals surface area (Å²) < 4.78 is 43.2. The normalized spacial score (nSPS) is 15.4. The molecule has 0 radical (unpaired) electrons. The third kappa shape index (κ3) is 5.16. The first-order valence-corrected chi connectivity index (χ1v) is 8.55. The quantitative estimate of drug-likeness (QED) is 0.829. The minimum Gasteiger partial charge on any atom is -0.381 e. The molecule has 1 aromatic heterocycles. The second-order valence-electron chi connectivity index (χ2n) is 6.22. The van der Waals surface area contributed by atoms with Crippen LogP contribution >= 0.6 is 0 Å². The molecule has 0 aliphatic carbocycles. The fourth-order valence-corrected chi connectivity index (χ4v) is 2.76. The van der Waals surface area contributed by atoms with Crippen LogP contribution in [0.2, 0.25) is 0 Å². The molecule has 3 rings (SSSR count). The highest BCUT2D eigenvalue weighted by Crippen LogP contribution is 2.30. The molecule has 144 valence electrons. The van der Waals surface area contributed by atoms with Gasteiger partial charge in [-0.2, -0.15) is 13.2 Å². The van der Waals surface area contributed by atoms with Crippen LogP contribution in [0.3, 0.4) is 0 Å². The highest BCUT2D eigenvalue weighted by molar-refractivity contribution is 6.05. The average Bonchev–Trinajstić information content (AvgIpc) is 2.67. The third-order valence-corrected chi connectivity index (χ3v) is 4.28. The predicted octanol–water partition coefficient (Wildman–Crippen LogP) is 3.59. The summed E-state index contributed by atoms with van der Waals surface area (Å²) in [6, 6.07) is 4.23. The maximum Gasteiger partial charge on any atom is 0.416 e. The summed E-state index contributed by atoms with van der Waals surface area (Å²) in [7, 11) is 0. The van der Waals surface area contributed by atoms with Crippen LogP contribution in [-0.4, -0.2) is 35.6 Å². The van der Waals surface area contributed by atoms with E-state index in [0.29, 0.717) is 31.5 Å². The van der Waals surface area contributed by atoms with Crippen LogP contribution in [0.4, 0.5) is 24.7 Å². The smallest absolute Gasteiger partial charge is 0.381 e. The number of aromatic nitrogens is 2. The van der Waals surface area contributed by atoms with Gasteiger partial charge in [0.2, 0.25) is 0 Å². The second kappa shape index (κ2) is 8.34. The van der Waals surface area contributed by atoms with E-state index in [1.165, 1.54) is 24.5 Å². The summed E-state index contributed by atoms with van der Waals surface area (Å²) >= 11 is 0. The van der Waals surface area contributed by atoms with Gasteiger partial charge in [-0.25, -0.2) is 9.97 Å². The predicted molar refractivity (Wildman–Crippen MR) is 93.5 cm³/mol. The molecule has 9 heteroatoms. The number of rotatable bonds is 5. The molecule has 1 amide bonds. The van der Waals surface area contributed by atoms with E-state index in [2.05, 4.69) is 20.6 Å². The Hall–Kier alpha value is -2.68. The molecule has 1 aliphatic rings. The monoisotopic (exact) mass is 380 g/mol. The van der Waals surface area contributed by atoms with Crippen molar-refractivity contribution in [2.24, 2.45) is 5.92 Å². The molecule has 0 spiro atoms. The van der Waals surface area contributed by atoms with E-state index >= 15 is 0 Å². The molecule has 1 aromatic carbocycles. The first kappa shape index (κ1) is 19.1. The lowest BCUT2D eigenvalue weighted by molar-refractivity contribution is -0.137. The van der Waals surface area contributed by atoms with E-state index in [-0.39, 0.29) is 11.4 Å². The molecule has 27 heavy (non-hydrogen) atoms. The van der Waals surface area contributed by atoms with Crippen molar-refractivity contribution in [3.63, 3.8) is 0 Å². The van der Waals surface area contributed by atoms with Crippen LogP contribution in [-0.2, 0) is 10.9 Å². The molecule has 0 bridgehead atoms. The number of ether oxygens (including phenoxy) is 1. The Morgan fingerprint density at radius 1 is 1.11 bits per heavy atom. The number of anilines is 2. The van der Waals surface area contributed by atoms with Gasteiger partial charge in [0.25, 0.3) is 5.91 Å². The van der Waals surface area contributed by atoms with Gasteiger partial charge in [0.05, 0.1) is 5.56 Å². The summed E-state index contributed by atoms with van der Waals surface area (Å²) in [6.07, 6.45) is 0.303. The summed E-state index contributed by atoms with van der Waals surface area (Å²) in [6.45, 7) is 2.07. The molecular weight excluding hydrogens is 361 g/mol. The summed E-state index contributed by atoms with van der Waals surface area (Å²) in [5.41, 5.74) is -0.447. The molecular formula is C18H19F3N4O2. The van der Waals surface area contributed by atoms with Gasteiger partial charge in [-0.05, 0) is 43.0 Å². The van der Waals surface area contributed by atoms with Gasteiger partial charge in [0.15, 0.2) is 11.5 Å². The summed E-state index contributed by atoms with van der Waals surface area (Å²) in [5.74, 6) is 0.220. The molecule has 6 nitrogen and oxygen atoms in total. The number of carbonyl (C=O) groups excluding carboxylic acids is 1. The number of hydrogen-bond acceptors (Lipinski definition) is 5. The van der Waals surface area contributed by atoms with Gasteiger partial charge in [0, 0.05) is 37.8 Å². The van der Waals surface area contributed by atoms with E-state index in [1.807, 2.05) is 0 Å². The maximum atomic E-state index is 12.6. The molecule has 1 saturated heterocycles. The molecule has 1 fully saturated rings. The van der Waals surface area contributed by atoms with E-state index in [4.69, 9.17) is 4.74 Å². The highest BCUT2D eigenvalue weighted by Gasteiger charge is 2.30. The van der Waals surface area contributed by atoms with Gasteiger partial charge in [-0.1, -0.05) is 0 Å². The number of nitrogens with one attached hydrogen (secondary N) is 2. The standard InChI is InChI=1S/C18H19F3N4O2/c19-18(20,21)13-1-3-14(4-2-13)25-17(26)15-16(23-8-7-22-15)24-11-12-5-9-27-10-6-12/h1-4,7-8,12H,5-6,9-11H2,(H,23,24)(H,25,26). The van der Waals surface area contributed by atoms with Crippen molar-refractivity contribution in [3.8, 4) is 0 Å². The topological polar surface area (TPSA) is 76.1 Å². The van der Waals surface area contributed by atoms with Crippen LogP contribution in [0.5, 0.6) is 0 Å². The average molecular weight is 380 g/mol. The lowest BCUT2D eigenvalue weighted by Gasteiger charge is -2.22. The first-order valence-electron chi connectivity index (χ1n) is 8.55. The van der Waals surface area contributed by atoms with Crippen LogP contribution in [0.25, 0.3) is 0 Å². The van der Waals surface area contributed by atoms with Crippen LogP contribution in [0.15, 0.2) is 36.7 Å². The van der Waals surface area contributed by atoms with Crippen LogP contribution in [0.1, 0.15) is 28.9 Å². The molecule has 1 aliphatic heterocycles. The minimum absolute atomic E-state index is 0.0875.